The van der Waals surface area contributed by atoms with E-state index in [0.717, 1.165) is 28.6 Å². The van der Waals surface area contributed by atoms with Gasteiger partial charge in [-0.2, -0.15) is 0 Å². The van der Waals surface area contributed by atoms with Crippen LogP contribution in [0, 0.1) is 5.92 Å². The molecular weight excluding hydrogens is 258 g/mol. The number of nitrogens with two attached hydrogens (primary N) is 1. The molecule has 2 bridgehead atoms. The minimum atomic E-state index is 0.211. The average Bonchev–Trinajstić information content (AvgIpc) is 3.08. The van der Waals surface area contributed by atoms with Gasteiger partial charge in [-0.1, -0.05) is 11.2 Å². The number of hydrogen-bond acceptors (Lipinski definition) is 4. The van der Waals surface area contributed by atoms with E-state index in [1.807, 2.05) is 12.3 Å². The maximum absolute atomic E-state index is 9.04. The SMILES string of the molecule is CSc1cccc(N2CC3CCC2C3)c1/C(N)=N/O. The molecule has 0 spiro atoms. The van der Waals surface area contributed by atoms with E-state index in [1.54, 1.807) is 11.8 Å². The first-order valence-corrected chi connectivity index (χ1v) is 7.88. The van der Waals surface area contributed by atoms with Crippen LogP contribution in [0.15, 0.2) is 28.3 Å². The lowest BCUT2D eigenvalue weighted by Gasteiger charge is -2.31. The molecule has 0 aromatic heterocycles. The number of amidine groups is 1. The Morgan fingerprint density at radius 2 is 2.32 bits per heavy atom. The maximum atomic E-state index is 9.04. The summed E-state index contributed by atoms with van der Waals surface area (Å²) in [5, 5.41) is 12.3. The van der Waals surface area contributed by atoms with Crippen LogP contribution in [0.25, 0.3) is 0 Å². The van der Waals surface area contributed by atoms with Gasteiger partial charge in [-0.05, 0) is 43.6 Å². The first kappa shape index (κ1) is 12.7. The molecule has 2 unspecified atom stereocenters. The summed E-state index contributed by atoms with van der Waals surface area (Å²) in [4.78, 5) is 3.51. The quantitative estimate of drug-likeness (QED) is 0.293. The van der Waals surface area contributed by atoms with Gasteiger partial charge in [0.2, 0.25) is 0 Å². The Morgan fingerprint density at radius 1 is 1.47 bits per heavy atom. The highest BCUT2D eigenvalue weighted by molar-refractivity contribution is 7.98. The zero-order valence-corrected chi connectivity index (χ0v) is 11.9. The molecule has 1 saturated carbocycles. The Kier molecular flexibility index (Phi) is 3.31. The molecule has 1 aromatic rings. The van der Waals surface area contributed by atoms with Gasteiger partial charge >= 0.3 is 0 Å². The summed E-state index contributed by atoms with van der Waals surface area (Å²) < 4.78 is 0. The van der Waals surface area contributed by atoms with E-state index in [9.17, 15) is 0 Å². The van der Waals surface area contributed by atoms with Crippen molar-refractivity contribution in [3.63, 3.8) is 0 Å². The topological polar surface area (TPSA) is 61.8 Å². The van der Waals surface area contributed by atoms with Crippen molar-refractivity contribution in [2.24, 2.45) is 16.8 Å². The number of fused-ring (bicyclic) bond motifs is 2. The van der Waals surface area contributed by atoms with Crippen LogP contribution in [0.1, 0.15) is 24.8 Å². The van der Waals surface area contributed by atoms with Gasteiger partial charge in [0.05, 0.1) is 5.56 Å². The van der Waals surface area contributed by atoms with Crippen molar-refractivity contribution < 1.29 is 5.21 Å². The predicted octanol–water partition coefficient (Wildman–Crippen LogP) is 2.49. The number of benzene rings is 1. The first-order valence-electron chi connectivity index (χ1n) is 6.66. The van der Waals surface area contributed by atoms with E-state index in [4.69, 9.17) is 10.9 Å². The van der Waals surface area contributed by atoms with Gasteiger partial charge < -0.3 is 15.8 Å². The molecule has 0 amide bonds. The minimum Gasteiger partial charge on any atom is -0.409 e. The molecule has 1 aliphatic heterocycles. The van der Waals surface area contributed by atoms with Gasteiger partial charge in [-0.15, -0.1) is 11.8 Å². The monoisotopic (exact) mass is 277 g/mol. The van der Waals surface area contributed by atoms with Gasteiger partial charge in [-0.3, -0.25) is 0 Å². The van der Waals surface area contributed by atoms with Crippen LogP contribution in [0.5, 0.6) is 0 Å². The lowest BCUT2D eigenvalue weighted by molar-refractivity contribution is 0.318. The average molecular weight is 277 g/mol. The Labute approximate surface area is 117 Å². The van der Waals surface area contributed by atoms with Crippen LogP contribution in [-0.4, -0.2) is 29.9 Å². The lowest BCUT2D eigenvalue weighted by atomic mass is 10.1. The second-order valence-corrected chi connectivity index (χ2v) is 6.17. The molecule has 2 fully saturated rings. The second-order valence-electron chi connectivity index (χ2n) is 5.32. The van der Waals surface area contributed by atoms with E-state index in [0.29, 0.717) is 6.04 Å². The Morgan fingerprint density at radius 3 is 2.89 bits per heavy atom. The molecule has 3 rings (SSSR count). The van der Waals surface area contributed by atoms with Gasteiger partial charge in [-0.25, -0.2) is 0 Å². The summed E-state index contributed by atoms with van der Waals surface area (Å²) >= 11 is 1.63. The summed E-state index contributed by atoms with van der Waals surface area (Å²) in [6.07, 6.45) is 5.93. The molecule has 2 atom stereocenters. The fraction of sp³-hybridized carbons (Fsp3) is 0.500. The molecule has 1 heterocycles. The van der Waals surface area contributed by atoms with E-state index < -0.39 is 0 Å². The van der Waals surface area contributed by atoms with E-state index >= 15 is 0 Å². The molecule has 1 aliphatic carbocycles. The summed E-state index contributed by atoms with van der Waals surface area (Å²) in [5.41, 5.74) is 7.90. The van der Waals surface area contributed by atoms with Crippen molar-refractivity contribution in [3.8, 4) is 0 Å². The third kappa shape index (κ3) is 2.06. The molecule has 102 valence electrons. The Hall–Kier alpha value is -1.36. The third-order valence-electron chi connectivity index (χ3n) is 4.31. The van der Waals surface area contributed by atoms with Gasteiger partial charge in [0.1, 0.15) is 0 Å². The van der Waals surface area contributed by atoms with Crippen LogP contribution in [-0.2, 0) is 0 Å². The highest BCUT2D eigenvalue weighted by Crippen LogP contribution is 2.42. The summed E-state index contributed by atoms with van der Waals surface area (Å²) in [6, 6.07) is 6.80. The maximum Gasteiger partial charge on any atom is 0.173 e. The normalized spacial score (nSPS) is 26.2. The molecule has 4 nitrogen and oxygen atoms in total. The fourth-order valence-corrected chi connectivity index (χ4v) is 4.08. The highest BCUT2D eigenvalue weighted by Gasteiger charge is 2.39. The zero-order valence-electron chi connectivity index (χ0n) is 11.0. The van der Waals surface area contributed by atoms with Crippen molar-refractivity contribution in [1.29, 1.82) is 0 Å². The Bertz CT molecular complexity index is 517. The number of piperidine rings is 1. The first-order chi connectivity index (χ1) is 9.24. The van der Waals surface area contributed by atoms with Crippen molar-refractivity contribution in [2.45, 2.75) is 30.2 Å². The number of anilines is 1. The predicted molar refractivity (Wildman–Crippen MR) is 79.2 cm³/mol. The van der Waals surface area contributed by atoms with Crippen molar-refractivity contribution in [3.05, 3.63) is 23.8 Å². The highest BCUT2D eigenvalue weighted by atomic mass is 32.2. The van der Waals surface area contributed by atoms with Gasteiger partial charge in [0, 0.05) is 23.2 Å². The zero-order chi connectivity index (χ0) is 13.4. The Balaban J connectivity index is 2.05. The van der Waals surface area contributed by atoms with E-state index in [1.165, 1.54) is 19.3 Å². The molecule has 0 radical (unpaired) electrons. The van der Waals surface area contributed by atoms with Gasteiger partial charge in [0.25, 0.3) is 0 Å². The third-order valence-corrected chi connectivity index (χ3v) is 5.09. The van der Waals surface area contributed by atoms with Crippen molar-refractivity contribution in [1.82, 2.24) is 0 Å². The number of nitrogens with zero attached hydrogens (tertiary/aromatic N) is 2. The summed E-state index contributed by atoms with van der Waals surface area (Å²) in [7, 11) is 0. The summed E-state index contributed by atoms with van der Waals surface area (Å²) in [5.74, 6) is 1.03. The van der Waals surface area contributed by atoms with Crippen LogP contribution >= 0.6 is 11.8 Å². The smallest absolute Gasteiger partial charge is 0.173 e. The molecular formula is C14H19N3OS. The van der Waals surface area contributed by atoms with Crippen LogP contribution in [0.3, 0.4) is 0 Å². The number of thioether (sulfide) groups is 1. The standard InChI is InChI=1S/C14H19N3OS/c1-19-12-4-2-3-11(13(12)14(15)16-18)17-8-9-5-6-10(17)7-9/h2-4,9-10,18H,5-8H2,1H3,(H2,15,16). The number of hydrogen-bond donors (Lipinski definition) is 2. The van der Waals surface area contributed by atoms with Crippen LogP contribution < -0.4 is 10.6 Å². The van der Waals surface area contributed by atoms with Crippen LogP contribution in [0.4, 0.5) is 5.69 Å². The van der Waals surface area contributed by atoms with Gasteiger partial charge in [0.15, 0.2) is 5.84 Å². The molecule has 2 aliphatic rings. The number of rotatable bonds is 3. The second kappa shape index (κ2) is 4.96. The molecule has 1 saturated heterocycles. The van der Waals surface area contributed by atoms with E-state index in [2.05, 4.69) is 22.2 Å². The fourth-order valence-electron chi connectivity index (χ4n) is 3.46. The largest absolute Gasteiger partial charge is 0.409 e. The molecule has 19 heavy (non-hydrogen) atoms. The number of oxime groups is 1. The lowest BCUT2D eigenvalue weighted by Crippen LogP contribution is -2.34. The minimum absolute atomic E-state index is 0.211. The molecule has 5 heteroatoms. The molecule has 1 aromatic carbocycles. The van der Waals surface area contributed by atoms with E-state index in [-0.39, 0.29) is 5.84 Å². The van der Waals surface area contributed by atoms with Crippen molar-refractivity contribution in [2.75, 3.05) is 17.7 Å². The van der Waals surface area contributed by atoms with Crippen LogP contribution in [0.2, 0.25) is 0 Å². The molecule has 3 N–H and O–H groups in total. The summed E-state index contributed by atoms with van der Waals surface area (Å²) in [6.45, 7) is 1.11. The van der Waals surface area contributed by atoms with Crippen molar-refractivity contribution >= 4 is 23.3 Å².